The zero-order valence-corrected chi connectivity index (χ0v) is 12.7. The van der Waals surface area contributed by atoms with Gasteiger partial charge in [0.2, 0.25) is 0 Å². The molecule has 0 aliphatic carbocycles. The molecule has 0 unspecified atom stereocenters. The summed E-state index contributed by atoms with van der Waals surface area (Å²) >= 11 is 1.58. The number of hydrogen-bond acceptors (Lipinski definition) is 4. The van der Waals surface area contributed by atoms with Crippen molar-refractivity contribution in [3.63, 3.8) is 0 Å². The third-order valence-corrected chi connectivity index (χ3v) is 4.27. The standard InChI is InChI=1S/C18H15NO2S/c20-19-12-17-10-11-18(22-17)15-6-8-16(9-7-15)21-13-14-4-2-1-3-5-14/h1-12,20H,13H2. The van der Waals surface area contributed by atoms with E-state index in [0.29, 0.717) is 6.61 Å². The number of nitrogens with zero attached hydrogens (tertiary/aromatic N) is 1. The van der Waals surface area contributed by atoms with Crippen LogP contribution in [0.2, 0.25) is 0 Å². The summed E-state index contributed by atoms with van der Waals surface area (Å²) in [5, 5.41) is 11.6. The average Bonchev–Trinajstić information content (AvgIpc) is 3.03. The molecular weight excluding hydrogens is 294 g/mol. The number of oxime groups is 1. The highest BCUT2D eigenvalue weighted by molar-refractivity contribution is 7.17. The molecule has 1 aromatic heterocycles. The molecule has 1 N–H and O–H groups in total. The molecular formula is C18H15NO2S. The van der Waals surface area contributed by atoms with Crippen LogP contribution in [0.4, 0.5) is 0 Å². The largest absolute Gasteiger partial charge is 0.489 e. The number of thiophene rings is 1. The van der Waals surface area contributed by atoms with E-state index in [9.17, 15) is 0 Å². The minimum Gasteiger partial charge on any atom is -0.489 e. The van der Waals surface area contributed by atoms with E-state index in [1.807, 2.05) is 66.7 Å². The molecule has 0 bridgehead atoms. The number of benzene rings is 2. The van der Waals surface area contributed by atoms with Crippen molar-refractivity contribution in [2.45, 2.75) is 6.61 Å². The molecule has 0 aliphatic rings. The maximum Gasteiger partial charge on any atom is 0.119 e. The highest BCUT2D eigenvalue weighted by Crippen LogP contribution is 2.29. The molecule has 0 spiro atoms. The Balaban J connectivity index is 1.67. The summed E-state index contributed by atoms with van der Waals surface area (Å²) in [6, 6.07) is 22.1. The smallest absolute Gasteiger partial charge is 0.119 e. The molecule has 1 heterocycles. The minimum absolute atomic E-state index is 0.566. The lowest BCUT2D eigenvalue weighted by Crippen LogP contribution is -1.94. The van der Waals surface area contributed by atoms with Gasteiger partial charge >= 0.3 is 0 Å². The predicted octanol–water partition coefficient (Wildman–Crippen LogP) is 4.80. The molecule has 4 heteroatoms. The van der Waals surface area contributed by atoms with Crippen molar-refractivity contribution in [3.05, 3.63) is 77.2 Å². The quantitative estimate of drug-likeness (QED) is 0.418. The minimum atomic E-state index is 0.566. The van der Waals surface area contributed by atoms with Crippen molar-refractivity contribution >= 4 is 17.6 Å². The summed E-state index contributed by atoms with van der Waals surface area (Å²) in [5.74, 6) is 0.848. The van der Waals surface area contributed by atoms with E-state index in [0.717, 1.165) is 26.6 Å². The Bertz CT molecular complexity index is 748. The van der Waals surface area contributed by atoms with Crippen LogP contribution in [0.15, 0.2) is 71.9 Å². The van der Waals surface area contributed by atoms with Gasteiger partial charge in [-0.05, 0) is 47.5 Å². The first kappa shape index (κ1) is 14.4. The van der Waals surface area contributed by atoms with E-state index < -0.39 is 0 Å². The van der Waals surface area contributed by atoms with Gasteiger partial charge in [-0.25, -0.2) is 0 Å². The van der Waals surface area contributed by atoms with Crippen molar-refractivity contribution in [1.29, 1.82) is 0 Å². The molecule has 3 aromatic rings. The van der Waals surface area contributed by atoms with Crippen molar-refractivity contribution in [3.8, 4) is 16.2 Å². The molecule has 0 fully saturated rings. The lowest BCUT2D eigenvalue weighted by molar-refractivity contribution is 0.306. The molecule has 0 saturated heterocycles. The van der Waals surface area contributed by atoms with Crippen molar-refractivity contribution < 1.29 is 9.94 Å². The lowest BCUT2D eigenvalue weighted by atomic mass is 10.2. The third-order valence-electron chi connectivity index (χ3n) is 3.20. The highest BCUT2D eigenvalue weighted by atomic mass is 32.1. The highest BCUT2D eigenvalue weighted by Gasteiger charge is 2.03. The van der Waals surface area contributed by atoms with E-state index >= 15 is 0 Å². The van der Waals surface area contributed by atoms with Crippen LogP contribution in [-0.4, -0.2) is 11.4 Å². The fraction of sp³-hybridized carbons (Fsp3) is 0.0556. The maximum atomic E-state index is 8.55. The van der Waals surface area contributed by atoms with Gasteiger partial charge < -0.3 is 9.94 Å². The van der Waals surface area contributed by atoms with E-state index in [1.54, 1.807) is 11.3 Å². The number of hydrogen-bond donors (Lipinski definition) is 1. The fourth-order valence-corrected chi connectivity index (χ4v) is 2.97. The van der Waals surface area contributed by atoms with Crippen LogP contribution >= 0.6 is 11.3 Å². The molecule has 0 amide bonds. The van der Waals surface area contributed by atoms with Crippen LogP contribution in [0, 0.1) is 0 Å². The summed E-state index contributed by atoms with van der Waals surface area (Å²) < 4.78 is 5.78. The molecule has 0 radical (unpaired) electrons. The van der Waals surface area contributed by atoms with Gasteiger partial charge in [0, 0.05) is 9.75 Å². The molecule has 0 atom stereocenters. The fourth-order valence-electron chi connectivity index (χ4n) is 2.09. The zero-order valence-electron chi connectivity index (χ0n) is 11.8. The van der Waals surface area contributed by atoms with E-state index in [-0.39, 0.29) is 0 Å². The van der Waals surface area contributed by atoms with Crippen LogP contribution < -0.4 is 4.74 Å². The van der Waals surface area contributed by atoms with Crippen LogP contribution in [0.1, 0.15) is 10.4 Å². The molecule has 110 valence electrons. The Hall–Kier alpha value is -2.59. The molecule has 3 rings (SSSR count). The molecule has 0 aliphatic heterocycles. The Labute approximate surface area is 133 Å². The summed E-state index contributed by atoms with van der Waals surface area (Å²) in [7, 11) is 0. The van der Waals surface area contributed by atoms with Gasteiger partial charge in [-0.3, -0.25) is 0 Å². The molecule has 2 aromatic carbocycles. The Morgan fingerprint density at radius 2 is 1.73 bits per heavy atom. The molecule has 0 saturated carbocycles. The van der Waals surface area contributed by atoms with Gasteiger partial charge in [0.15, 0.2) is 0 Å². The first-order chi connectivity index (χ1) is 10.8. The van der Waals surface area contributed by atoms with Crippen LogP contribution in [0.25, 0.3) is 10.4 Å². The summed E-state index contributed by atoms with van der Waals surface area (Å²) in [6.07, 6.45) is 1.44. The second-order valence-corrected chi connectivity index (χ2v) is 5.86. The van der Waals surface area contributed by atoms with Crippen LogP contribution in [0.3, 0.4) is 0 Å². The van der Waals surface area contributed by atoms with Gasteiger partial charge in [0.1, 0.15) is 12.4 Å². The monoisotopic (exact) mass is 309 g/mol. The van der Waals surface area contributed by atoms with Gasteiger partial charge in [-0.1, -0.05) is 35.5 Å². The molecule has 3 nitrogen and oxygen atoms in total. The Kier molecular flexibility index (Phi) is 4.51. The predicted molar refractivity (Wildman–Crippen MR) is 89.9 cm³/mol. The molecule has 22 heavy (non-hydrogen) atoms. The second kappa shape index (κ2) is 6.91. The van der Waals surface area contributed by atoms with Crippen LogP contribution in [-0.2, 0) is 6.61 Å². The van der Waals surface area contributed by atoms with Gasteiger partial charge in [-0.15, -0.1) is 11.3 Å². The summed E-state index contributed by atoms with van der Waals surface area (Å²) in [5.41, 5.74) is 2.27. The summed E-state index contributed by atoms with van der Waals surface area (Å²) in [6.45, 7) is 0.566. The lowest BCUT2D eigenvalue weighted by Gasteiger charge is -2.06. The normalized spacial score (nSPS) is 10.9. The average molecular weight is 309 g/mol. The van der Waals surface area contributed by atoms with Gasteiger partial charge in [0.25, 0.3) is 0 Å². The first-order valence-electron chi connectivity index (χ1n) is 6.89. The zero-order chi connectivity index (χ0) is 15.2. The first-order valence-corrected chi connectivity index (χ1v) is 7.71. The SMILES string of the molecule is ON=Cc1ccc(-c2ccc(OCc3ccccc3)cc2)s1. The third kappa shape index (κ3) is 3.54. The van der Waals surface area contributed by atoms with Gasteiger partial charge in [-0.2, -0.15) is 0 Å². The Morgan fingerprint density at radius 3 is 2.45 bits per heavy atom. The van der Waals surface area contributed by atoms with E-state index in [4.69, 9.17) is 9.94 Å². The number of rotatable bonds is 5. The maximum absolute atomic E-state index is 8.55. The van der Waals surface area contributed by atoms with E-state index in [2.05, 4.69) is 5.16 Å². The van der Waals surface area contributed by atoms with Gasteiger partial charge in [0.05, 0.1) is 6.21 Å². The Morgan fingerprint density at radius 1 is 0.955 bits per heavy atom. The van der Waals surface area contributed by atoms with E-state index in [1.165, 1.54) is 6.21 Å². The van der Waals surface area contributed by atoms with Crippen LogP contribution in [0.5, 0.6) is 5.75 Å². The van der Waals surface area contributed by atoms with Crippen molar-refractivity contribution in [1.82, 2.24) is 0 Å². The van der Waals surface area contributed by atoms with Crippen molar-refractivity contribution in [2.75, 3.05) is 0 Å². The topological polar surface area (TPSA) is 41.8 Å². The second-order valence-electron chi connectivity index (χ2n) is 4.75. The van der Waals surface area contributed by atoms with Crippen molar-refractivity contribution in [2.24, 2.45) is 5.16 Å². The number of ether oxygens (including phenoxy) is 1. The summed E-state index contributed by atoms with van der Waals surface area (Å²) in [4.78, 5) is 2.05.